The average molecular weight is 296 g/mol. The highest BCUT2D eigenvalue weighted by Gasteiger charge is 2.41. The van der Waals surface area contributed by atoms with E-state index in [9.17, 15) is 4.79 Å². The number of carbonyl (C=O) groups is 1. The van der Waals surface area contributed by atoms with Crippen molar-refractivity contribution in [2.24, 2.45) is 5.92 Å². The van der Waals surface area contributed by atoms with Gasteiger partial charge in [-0.05, 0) is 37.3 Å². The Kier molecular flexibility index (Phi) is 3.81. The van der Waals surface area contributed by atoms with Gasteiger partial charge in [-0.3, -0.25) is 4.79 Å². The molecule has 2 unspecified atom stereocenters. The Morgan fingerprint density at radius 1 is 1.40 bits per heavy atom. The van der Waals surface area contributed by atoms with Gasteiger partial charge in [0.2, 0.25) is 0 Å². The molecule has 1 aliphatic carbocycles. The largest absolute Gasteiger partial charge is 0.376 e. The number of amides is 1. The van der Waals surface area contributed by atoms with Crippen molar-refractivity contribution in [1.82, 2.24) is 10.3 Å². The molecule has 1 aromatic rings. The fraction of sp³-hybridized carbons (Fsp3) is 0.571. The van der Waals surface area contributed by atoms with Crippen molar-refractivity contribution >= 4 is 23.3 Å². The van der Waals surface area contributed by atoms with Crippen molar-refractivity contribution in [3.8, 4) is 0 Å². The summed E-state index contributed by atoms with van der Waals surface area (Å²) in [5.41, 5.74) is 0.524. The monoisotopic (exact) mass is 295 g/mol. The molecule has 6 heteroatoms. The van der Waals surface area contributed by atoms with Crippen molar-refractivity contribution in [3.63, 3.8) is 0 Å². The minimum Gasteiger partial charge on any atom is -0.376 e. The molecule has 1 aromatic heterocycles. The molecule has 2 atom stereocenters. The maximum Gasteiger partial charge on any atom is 0.251 e. The molecule has 1 amide bonds. The number of aromatic nitrogens is 1. The van der Waals surface area contributed by atoms with E-state index < -0.39 is 0 Å². The van der Waals surface area contributed by atoms with E-state index in [4.69, 9.17) is 16.3 Å². The van der Waals surface area contributed by atoms with Crippen LogP contribution < -0.4 is 10.6 Å². The lowest BCUT2D eigenvalue weighted by molar-refractivity contribution is 0.0729. The summed E-state index contributed by atoms with van der Waals surface area (Å²) in [4.78, 5) is 16.4. The van der Waals surface area contributed by atoms with Crippen LogP contribution in [0.25, 0.3) is 0 Å². The second-order valence-electron chi connectivity index (χ2n) is 5.36. The third-order valence-electron chi connectivity index (χ3n) is 3.85. The molecular formula is C14H18ClN3O2. The van der Waals surface area contributed by atoms with Crippen molar-refractivity contribution in [3.05, 3.63) is 22.8 Å². The molecule has 5 nitrogen and oxygen atoms in total. The molecule has 108 valence electrons. The Balaban J connectivity index is 1.70. The van der Waals surface area contributed by atoms with Gasteiger partial charge < -0.3 is 15.4 Å². The maximum atomic E-state index is 12.3. The summed E-state index contributed by atoms with van der Waals surface area (Å²) >= 11 is 5.92. The summed E-state index contributed by atoms with van der Waals surface area (Å²) in [7, 11) is 1.74. The fourth-order valence-corrected chi connectivity index (χ4v) is 2.87. The summed E-state index contributed by atoms with van der Waals surface area (Å²) in [6, 6.07) is 3.39. The lowest BCUT2D eigenvalue weighted by Crippen LogP contribution is -2.41. The zero-order chi connectivity index (χ0) is 14.1. The van der Waals surface area contributed by atoms with Crippen molar-refractivity contribution in [1.29, 1.82) is 0 Å². The van der Waals surface area contributed by atoms with Crippen LogP contribution in [-0.4, -0.2) is 36.7 Å². The predicted molar refractivity (Wildman–Crippen MR) is 77.1 cm³/mol. The van der Waals surface area contributed by atoms with Crippen LogP contribution in [0, 0.1) is 5.92 Å². The highest BCUT2D eigenvalue weighted by atomic mass is 35.5. The zero-order valence-corrected chi connectivity index (χ0v) is 12.1. The van der Waals surface area contributed by atoms with Gasteiger partial charge in [0.15, 0.2) is 0 Å². The van der Waals surface area contributed by atoms with E-state index in [1.54, 1.807) is 19.2 Å². The average Bonchev–Trinajstić information content (AvgIpc) is 3.18. The smallest absolute Gasteiger partial charge is 0.251 e. The Morgan fingerprint density at radius 2 is 2.20 bits per heavy atom. The lowest BCUT2D eigenvalue weighted by atomic mass is 10.1. The summed E-state index contributed by atoms with van der Waals surface area (Å²) in [6.07, 6.45) is 3.48. The Bertz CT molecular complexity index is 519. The molecule has 1 aliphatic heterocycles. The maximum absolute atomic E-state index is 12.3. The predicted octanol–water partition coefficient (Wildman–Crippen LogP) is 2.07. The van der Waals surface area contributed by atoms with Crippen molar-refractivity contribution in [2.45, 2.75) is 31.4 Å². The van der Waals surface area contributed by atoms with Crippen molar-refractivity contribution in [2.75, 3.05) is 19.0 Å². The van der Waals surface area contributed by atoms with Gasteiger partial charge in [0.05, 0.1) is 12.1 Å². The highest BCUT2D eigenvalue weighted by molar-refractivity contribution is 6.29. The number of hydrogen-bond donors (Lipinski definition) is 2. The third kappa shape index (κ3) is 2.88. The van der Waals surface area contributed by atoms with Crippen molar-refractivity contribution < 1.29 is 9.53 Å². The molecule has 1 saturated carbocycles. The molecule has 20 heavy (non-hydrogen) atoms. The molecule has 2 fully saturated rings. The summed E-state index contributed by atoms with van der Waals surface area (Å²) in [5.74, 6) is 1.09. The van der Waals surface area contributed by atoms with Crippen LogP contribution in [0.5, 0.6) is 0 Å². The molecule has 3 rings (SSSR count). The van der Waals surface area contributed by atoms with E-state index in [-0.39, 0.29) is 18.1 Å². The lowest BCUT2D eigenvalue weighted by Gasteiger charge is -2.19. The Labute approximate surface area is 123 Å². The number of anilines is 1. The standard InChI is InChI=1S/C14H18ClN3O2/c1-16-12-7-9(6-11(15)18-12)14(19)17-10-4-5-20-13(10)8-2-3-8/h6-8,10,13H,2-5H2,1H3,(H,16,18)(H,17,19). The second-order valence-corrected chi connectivity index (χ2v) is 5.74. The van der Waals surface area contributed by atoms with Gasteiger partial charge in [0, 0.05) is 19.2 Å². The second kappa shape index (κ2) is 5.58. The number of nitrogens with one attached hydrogen (secondary N) is 2. The first-order valence-corrected chi connectivity index (χ1v) is 7.33. The molecule has 0 aromatic carbocycles. The highest BCUT2D eigenvalue weighted by Crippen LogP contribution is 2.38. The summed E-state index contributed by atoms with van der Waals surface area (Å²) in [5, 5.41) is 6.27. The molecule has 2 N–H and O–H groups in total. The molecule has 0 bridgehead atoms. The number of rotatable bonds is 4. The zero-order valence-electron chi connectivity index (χ0n) is 11.4. The van der Waals surface area contributed by atoms with Crippen LogP contribution in [0.1, 0.15) is 29.6 Å². The van der Waals surface area contributed by atoms with E-state index in [0.29, 0.717) is 22.5 Å². The Morgan fingerprint density at radius 3 is 2.90 bits per heavy atom. The SMILES string of the molecule is CNc1cc(C(=O)NC2CCOC2C2CC2)cc(Cl)n1. The Hall–Kier alpha value is -1.33. The first-order valence-electron chi connectivity index (χ1n) is 6.95. The van der Waals surface area contributed by atoms with Crippen LogP contribution in [0.4, 0.5) is 5.82 Å². The van der Waals surface area contributed by atoms with E-state index in [0.717, 1.165) is 13.0 Å². The van der Waals surface area contributed by atoms with Crippen LogP contribution in [0.15, 0.2) is 12.1 Å². The van der Waals surface area contributed by atoms with Gasteiger partial charge in [0.1, 0.15) is 11.0 Å². The molecule has 0 spiro atoms. The first kappa shape index (κ1) is 13.6. The van der Waals surface area contributed by atoms with Gasteiger partial charge in [-0.15, -0.1) is 0 Å². The molecule has 2 heterocycles. The van der Waals surface area contributed by atoms with Crippen LogP contribution in [-0.2, 0) is 4.74 Å². The first-order chi connectivity index (χ1) is 9.67. The number of ether oxygens (including phenoxy) is 1. The van der Waals surface area contributed by atoms with Gasteiger partial charge in [-0.25, -0.2) is 4.98 Å². The summed E-state index contributed by atoms with van der Waals surface area (Å²) < 4.78 is 5.73. The number of halogens is 1. The molecule has 1 saturated heterocycles. The number of nitrogens with zero attached hydrogens (tertiary/aromatic N) is 1. The quantitative estimate of drug-likeness (QED) is 0.835. The molecule has 2 aliphatic rings. The van der Waals surface area contributed by atoms with Crippen LogP contribution in [0.2, 0.25) is 5.15 Å². The topological polar surface area (TPSA) is 63.2 Å². The van der Waals surface area contributed by atoms with E-state index in [1.807, 2.05) is 0 Å². The van der Waals surface area contributed by atoms with Gasteiger partial charge in [-0.1, -0.05) is 11.6 Å². The summed E-state index contributed by atoms with van der Waals surface area (Å²) in [6.45, 7) is 0.727. The number of carbonyl (C=O) groups excluding carboxylic acids is 1. The van der Waals surface area contributed by atoms with E-state index in [1.165, 1.54) is 12.8 Å². The molecule has 0 radical (unpaired) electrons. The normalized spacial score (nSPS) is 25.5. The van der Waals surface area contributed by atoms with Gasteiger partial charge in [0.25, 0.3) is 5.91 Å². The molecular weight excluding hydrogens is 278 g/mol. The van der Waals surface area contributed by atoms with Crippen LogP contribution >= 0.6 is 11.6 Å². The van der Waals surface area contributed by atoms with E-state index in [2.05, 4.69) is 15.6 Å². The van der Waals surface area contributed by atoms with E-state index >= 15 is 0 Å². The minimum atomic E-state index is -0.119. The van der Waals surface area contributed by atoms with Gasteiger partial charge in [-0.2, -0.15) is 0 Å². The fourth-order valence-electron chi connectivity index (χ4n) is 2.66. The van der Waals surface area contributed by atoms with Gasteiger partial charge >= 0.3 is 0 Å². The van der Waals surface area contributed by atoms with Crippen LogP contribution in [0.3, 0.4) is 0 Å². The number of hydrogen-bond acceptors (Lipinski definition) is 4. The third-order valence-corrected chi connectivity index (χ3v) is 4.04. The minimum absolute atomic E-state index is 0.111. The number of pyridine rings is 1.